The molecular formula is C34H47ClN2O8. The highest BCUT2D eigenvalue weighted by molar-refractivity contribution is 6.31. The lowest BCUT2D eigenvalue weighted by Crippen LogP contribution is -2.43. The molecule has 0 aromatic heterocycles. The molecule has 0 radical (unpaired) electrons. The van der Waals surface area contributed by atoms with Crippen molar-refractivity contribution in [1.29, 1.82) is 0 Å². The van der Waals surface area contributed by atoms with Gasteiger partial charge in [0, 0.05) is 60.1 Å². The smallest absolute Gasteiger partial charge is 0.308 e. The molecule has 10 nitrogen and oxygen atoms in total. The van der Waals surface area contributed by atoms with Gasteiger partial charge < -0.3 is 34.6 Å². The van der Waals surface area contributed by atoms with Crippen molar-refractivity contribution in [3.63, 3.8) is 0 Å². The van der Waals surface area contributed by atoms with E-state index in [9.17, 15) is 29.7 Å². The molecule has 1 fully saturated rings. The predicted octanol–water partition coefficient (Wildman–Crippen LogP) is 5.31. The van der Waals surface area contributed by atoms with Crippen LogP contribution in [0.25, 0.3) is 0 Å². The van der Waals surface area contributed by atoms with Crippen LogP contribution in [0.5, 0.6) is 11.5 Å². The molecule has 0 aliphatic carbocycles. The van der Waals surface area contributed by atoms with Crippen molar-refractivity contribution in [3.8, 4) is 11.5 Å². The Morgan fingerprint density at radius 1 is 1.07 bits per heavy atom. The SMILES string of the molecule is COc1ccccc1[C@@H](O)c1cc(Cl)cc(OCC(C)(C)CO)c1N(CC(C)(C)C)C(=O)CCC(=O)N1CCC[C@H](C(=O)O)C1. The van der Waals surface area contributed by atoms with Crippen molar-refractivity contribution in [2.45, 2.75) is 66.4 Å². The molecule has 1 saturated heterocycles. The summed E-state index contributed by atoms with van der Waals surface area (Å²) >= 11 is 6.58. The van der Waals surface area contributed by atoms with E-state index in [2.05, 4.69) is 0 Å². The first-order chi connectivity index (χ1) is 21.1. The largest absolute Gasteiger partial charge is 0.496 e. The van der Waals surface area contributed by atoms with Gasteiger partial charge in [-0.2, -0.15) is 0 Å². The average molecular weight is 647 g/mol. The van der Waals surface area contributed by atoms with Gasteiger partial charge in [-0.3, -0.25) is 14.4 Å². The Labute approximate surface area is 270 Å². The van der Waals surface area contributed by atoms with E-state index in [1.165, 1.54) is 16.9 Å². The molecule has 1 heterocycles. The number of amides is 2. The molecular weight excluding hydrogens is 600 g/mol. The van der Waals surface area contributed by atoms with E-state index in [-0.39, 0.29) is 61.7 Å². The van der Waals surface area contributed by atoms with Crippen LogP contribution in [0.4, 0.5) is 5.69 Å². The third kappa shape index (κ3) is 9.82. The number of benzene rings is 2. The number of halogens is 1. The number of para-hydroxylation sites is 1. The minimum absolute atomic E-state index is 0.0940. The number of nitrogens with zero attached hydrogens (tertiary/aromatic N) is 2. The number of aliphatic hydroxyl groups is 2. The Balaban J connectivity index is 2.08. The molecule has 0 saturated carbocycles. The van der Waals surface area contributed by atoms with Crippen LogP contribution < -0.4 is 14.4 Å². The molecule has 1 aliphatic rings. The van der Waals surface area contributed by atoms with Crippen molar-refractivity contribution in [2.75, 3.05) is 44.9 Å². The van der Waals surface area contributed by atoms with Gasteiger partial charge in [-0.1, -0.05) is 64.4 Å². The Hall–Kier alpha value is -3.34. The molecule has 45 heavy (non-hydrogen) atoms. The second-order valence-corrected chi connectivity index (χ2v) is 14.1. The van der Waals surface area contributed by atoms with E-state index in [0.717, 1.165) is 0 Å². The van der Waals surface area contributed by atoms with Crippen molar-refractivity contribution in [2.24, 2.45) is 16.7 Å². The Morgan fingerprint density at radius 2 is 1.76 bits per heavy atom. The first-order valence-corrected chi connectivity index (χ1v) is 15.6. The number of anilines is 1. The fraction of sp³-hybridized carbons (Fsp3) is 0.559. The number of piperidine rings is 1. The molecule has 2 aromatic rings. The van der Waals surface area contributed by atoms with Gasteiger partial charge in [0.1, 0.15) is 17.6 Å². The molecule has 1 aliphatic heterocycles. The van der Waals surface area contributed by atoms with Crippen LogP contribution in [0.2, 0.25) is 5.02 Å². The molecule has 0 spiro atoms. The van der Waals surface area contributed by atoms with Crippen LogP contribution in [-0.2, 0) is 14.4 Å². The highest BCUT2D eigenvalue weighted by Crippen LogP contribution is 2.44. The van der Waals surface area contributed by atoms with Crippen LogP contribution in [0.1, 0.15) is 77.5 Å². The van der Waals surface area contributed by atoms with Gasteiger partial charge in [0.15, 0.2) is 0 Å². The Kier molecular flexibility index (Phi) is 12.3. The summed E-state index contributed by atoms with van der Waals surface area (Å²) in [5, 5.41) is 31.4. The average Bonchev–Trinajstić information content (AvgIpc) is 3.00. The van der Waals surface area contributed by atoms with E-state index in [0.29, 0.717) is 42.0 Å². The van der Waals surface area contributed by atoms with Gasteiger partial charge in [0.25, 0.3) is 0 Å². The number of hydrogen-bond donors (Lipinski definition) is 3. The standard InChI is InChI=1S/C34H47ClN2O8/c1-33(2,3)19-37(29(40)14-13-28(39)36-15-9-10-22(18-36)32(42)43)30-25(31(41)24-11-7-8-12-26(24)44-6)16-23(35)17-27(30)45-21-34(4,5)20-38/h7-8,11-12,16-17,22,31,38,41H,9-10,13-15,18-21H2,1-6H3,(H,42,43)/t22-,31+/m0/s1. The van der Waals surface area contributed by atoms with Gasteiger partial charge in [0.2, 0.25) is 11.8 Å². The van der Waals surface area contributed by atoms with Crippen LogP contribution in [0.15, 0.2) is 36.4 Å². The number of carbonyl (C=O) groups is 3. The zero-order valence-corrected chi connectivity index (χ0v) is 27.9. The molecule has 0 bridgehead atoms. The second-order valence-electron chi connectivity index (χ2n) is 13.7. The molecule has 2 atom stereocenters. The number of ether oxygens (including phenoxy) is 2. The van der Waals surface area contributed by atoms with E-state index >= 15 is 0 Å². The number of rotatable bonds is 13. The number of carbonyl (C=O) groups excluding carboxylic acids is 2. The van der Waals surface area contributed by atoms with Gasteiger partial charge in [0.05, 0.1) is 31.9 Å². The minimum Gasteiger partial charge on any atom is -0.496 e. The second kappa shape index (κ2) is 15.3. The summed E-state index contributed by atoms with van der Waals surface area (Å²) in [5.41, 5.74) is 0.0569. The molecule has 11 heteroatoms. The first kappa shape index (κ1) is 36.1. The lowest BCUT2D eigenvalue weighted by molar-refractivity contribution is -0.146. The summed E-state index contributed by atoms with van der Waals surface area (Å²) in [6, 6.07) is 10.2. The van der Waals surface area contributed by atoms with Crippen molar-refractivity contribution >= 4 is 35.1 Å². The zero-order chi connectivity index (χ0) is 33.5. The Morgan fingerprint density at radius 3 is 2.38 bits per heavy atom. The number of aliphatic hydroxyl groups excluding tert-OH is 2. The quantitative estimate of drug-likeness (QED) is 0.266. The van der Waals surface area contributed by atoms with Crippen LogP contribution in [-0.4, -0.2) is 78.0 Å². The van der Waals surface area contributed by atoms with E-state index in [4.69, 9.17) is 21.1 Å². The maximum absolute atomic E-state index is 14.1. The zero-order valence-electron chi connectivity index (χ0n) is 27.1. The third-order valence-corrected chi connectivity index (χ3v) is 7.94. The number of carboxylic acid groups (broad SMARTS) is 1. The maximum Gasteiger partial charge on any atom is 0.308 e. The number of likely N-dealkylation sites (tertiary alicyclic amines) is 1. The van der Waals surface area contributed by atoms with E-state index in [1.54, 1.807) is 36.4 Å². The molecule has 248 valence electrons. The van der Waals surface area contributed by atoms with Crippen molar-refractivity contribution in [1.82, 2.24) is 4.90 Å². The lowest BCUT2D eigenvalue weighted by Gasteiger charge is -2.35. The summed E-state index contributed by atoms with van der Waals surface area (Å²) in [5.74, 6) is -1.51. The van der Waals surface area contributed by atoms with E-state index < -0.39 is 28.8 Å². The molecule has 2 aromatic carbocycles. The molecule has 0 unspecified atom stereocenters. The first-order valence-electron chi connectivity index (χ1n) is 15.3. The van der Waals surface area contributed by atoms with Gasteiger partial charge in [-0.25, -0.2) is 0 Å². The molecule has 2 amide bonds. The summed E-state index contributed by atoms with van der Waals surface area (Å²) < 4.78 is 11.8. The lowest BCUT2D eigenvalue weighted by atomic mass is 9.93. The molecule has 3 N–H and O–H groups in total. The summed E-state index contributed by atoms with van der Waals surface area (Å²) in [6.07, 6.45) is -0.399. The summed E-state index contributed by atoms with van der Waals surface area (Å²) in [7, 11) is 1.50. The number of hydrogen-bond acceptors (Lipinski definition) is 7. The highest BCUT2D eigenvalue weighted by atomic mass is 35.5. The van der Waals surface area contributed by atoms with Gasteiger partial charge in [-0.05, 0) is 30.4 Å². The fourth-order valence-corrected chi connectivity index (χ4v) is 5.48. The number of methoxy groups -OCH3 is 1. The molecule has 3 rings (SSSR count). The number of aliphatic carboxylic acids is 1. The van der Waals surface area contributed by atoms with E-state index in [1.807, 2.05) is 34.6 Å². The minimum atomic E-state index is -1.26. The van der Waals surface area contributed by atoms with Crippen LogP contribution >= 0.6 is 11.6 Å². The van der Waals surface area contributed by atoms with Crippen molar-refractivity contribution < 1.29 is 39.2 Å². The maximum atomic E-state index is 14.1. The summed E-state index contributed by atoms with van der Waals surface area (Å²) in [4.78, 5) is 41.9. The monoisotopic (exact) mass is 646 g/mol. The highest BCUT2D eigenvalue weighted by Gasteiger charge is 2.33. The number of carboxylic acids is 1. The Bertz CT molecular complexity index is 1360. The van der Waals surface area contributed by atoms with Gasteiger partial charge >= 0.3 is 5.97 Å². The topological polar surface area (TPSA) is 137 Å². The van der Waals surface area contributed by atoms with Crippen molar-refractivity contribution in [3.05, 3.63) is 52.5 Å². The fourth-order valence-electron chi connectivity index (χ4n) is 5.26. The predicted molar refractivity (Wildman–Crippen MR) is 173 cm³/mol. The summed E-state index contributed by atoms with van der Waals surface area (Å²) in [6.45, 7) is 10.3. The van der Waals surface area contributed by atoms with Gasteiger partial charge in [-0.15, -0.1) is 0 Å². The van der Waals surface area contributed by atoms with Crippen LogP contribution in [0.3, 0.4) is 0 Å². The normalized spacial score (nSPS) is 16.2. The third-order valence-electron chi connectivity index (χ3n) is 7.72. The van der Waals surface area contributed by atoms with Crippen LogP contribution in [0, 0.1) is 16.7 Å².